The molecule has 2 aliphatic rings. The highest BCUT2D eigenvalue weighted by atomic mass is 15.3. The Bertz CT molecular complexity index is 644. The second-order valence-electron chi connectivity index (χ2n) is 6.02. The van der Waals surface area contributed by atoms with Crippen molar-refractivity contribution in [1.82, 2.24) is 14.8 Å². The molecule has 0 radical (unpaired) electrons. The predicted octanol–water partition coefficient (Wildman–Crippen LogP) is 1.95. The molecule has 0 fully saturated rings. The summed E-state index contributed by atoms with van der Waals surface area (Å²) in [7, 11) is 0. The van der Waals surface area contributed by atoms with E-state index in [1.807, 2.05) is 0 Å². The van der Waals surface area contributed by atoms with E-state index in [1.165, 1.54) is 36.0 Å². The SMILES string of the molecule is NCC1CCn2c(nnc2-c2ccc3c(c2)CCC3)C1. The molecule has 20 heavy (non-hydrogen) atoms. The van der Waals surface area contributed by atoms with E-state index in [4.69, 9.17) is 5.73 Å². The maximum atomic E-state index is 5.78. The van der Waals surface area contributed by atoms with Crippen LogP contribution < -0.4 is 5.73 Å². The fourth-order valence-electron chi connectivity index (χ4n) is 3.52. The van der Waals surface area contributed by atoms with E-state index >= 15 is 0 Å². The molecule has 0 bridgehead atoms. The molecule has 1 atom stereocenters. The largest absolute Gasteiger partial charge is 0.330 e. The normalized spacial score (nSPS) is 20.8. The first-order valence-corrected chi connectivity index (χ1v) is 7.59. The van der Waals surface area contributed by atoms with Crippen LogP contribution in [0, 0.1) is 5.92 Å². The maximum Gasteiger partial charge on any atom is 0.163 e. The van der Waals surface area contributed by atoms with Gasteiger partial charge in [-0.2, -0.15) is 0 Å². The van der Waals surface area contributed by atoms with Crippen LogP contribution in [0.1, 0.15) is 29.8 Å². The number of nitrogens with two attached hydrogens (primary N) is 1. The second-order valence-corrected chi connectivity index (χ2v) is 6.02. The van der Waals surface area contributed by atoms with E-state index in [9.17, 15) is 0 Å². The summed E-state index contributed by atoms with van der Waals surface area (Å²) in [5.41, 5.74) is 10.0. The monoisotopic (exact) mass is 268 g/mol. The van der Waals surface area contributed by atoms with Gasteiger partial charge in [-0.3, -0.25) is 0 Å². The van der Waals surface area contributed by atoms with Gasteiger partial charge in [-0.15, -0.1) is 10.2 Å². The van der Waals surface area contributed by atoms with Gasteiger partial charge >= 0.3 is 0 Å². The number of hydrogen-bond donors (Lipinski definition) is 1. The minimum Gasteiger partial charge on any atom is -0.330 e. The highest BCUT2D eigenvalue weighted by molar-refractivity contribution is 5.58. The van der Waals surface area contributed by atoms with Crippen LogP contribution in [0.5, 0.6) is 0 Å². The summed E-state index contributed by atoms with van der Waals surface area (Å²) < 4.78 is 2.28. The highest BCUT2D eigenvalue weighted by Crippen LogP contribution is 2.29. The van der Waals surface area contributed by atoms with Crippen molar-refractivity contribution >= 4 is 0 Å². The third-order valence-electron chi connectivity index (χ3n) is 4.75. The Hall–Kier alpha value is -1.68. The van der Waals surface area contributed by atoms with Gasteiger partial charge in [-0.1, -0.05) is 12.1 Å². The molecule has 1 unspecified atom stereocenters. The second kappa shape index (κ2) is 4.70. The average molecular weight is 268 g/mol. The van der Waals surface area contributed by atoms with Gasteiger partial charge < -0.3 is 10.3 Å². The lowest BCUT2D eigenvalue weighted by atomic mass is 9.98. The summed E-state index contributed by atoms with van der Waals surface area (Å²) in [4.78, 5) is 0. The number of aryl methyl sites for hydroxylation is 2. The van der Waals surface area contributed by atoms with Crippen molar-refractivity contribution in [2.45, 2.75) is 38.6 Å². The molecule has 104 valence electrons. The quantitative estimate of drug-likeness (QED) is 0.905. The molecular weight excluding hydrogens is 248 g/mol. The van der Waals surface area contributed by atoms with Crippen LogP contribution in [-0.2, 0) is 25.8 Å². The van der Waals surface area contributed by atoms with Gasteiger partial charge in [0.15, 0.2) is 5.82 Å². The zero-order chi connectivity index (χ0) is 13.5. The van der Waals surface area contributed by atoms with E-state index in [-0.39, 0.29) is 0 Å². The Balaban J connectivity index is 1.72. The van der Waals surface area contributed by atoms with Gasteiger partial charge in [0.05, 0.1) is 0 Å². The predicted molar refractivity (Wildman–Crippen MR) is 78.3 cm³/mol. The smallest absolute Gasteiger partial charge is 0.163 e. The molecule has 1 aliphatic heterocycles. The van der Waals surface area contributed by atoms with E-state index in [0.717, 1.165) is 37.6 Å². The molecule has 2 aromatic rings. The number of benzene rings is 1. The average Bonchev–Trinajstić information content (AvgIpc) is 3.11. The first-order chi connectivity index (χ1) is 9.85. The molecular formula is C16H20N4. The van der Waals surface area contributed by atoms with E-state index in [0.29, 0.717) is 5.92 Å². The van der Waals surface area contributed by atoms with Crippen LogP contribution in [0.15, 0.2) is 18.2 Å². The lowest BCUT2D eigenvalue weighted by Gasteiger charge is -2.22. The summed E-state index contributed by atoms with van der Waals surface area (Å²) in [5, 5.41) is 8.82. The van der Waals surface area contributed by atoms with Gasteiger partial charge in [-0.25, -0.2) is 0 Å². The van der Waals surface area contributed by atoms with Crippen molar-refractivity contribution in [2.24, 2.45) is 11.7 Å². The molecule has 0 saturated carbocycles. The molecule has 4 heteroatoms. The molecule has 2 N–H and O–H groups in total. The minimum absolute atomic E-state index is 0.569. The van der Waals surface area contributed by atoms with Gasteiger partial charge in [0.1, 0.15) is 5.82 Å². The van der Waals surface area contributed by atoms with Crippen LogP contribution in [0.3, 0.4) is 0 Å². The lowest BCUT2D eigenvalue weighted by Crippen LogP contribution is -2.25. The Kier molecular flexibility index (Phi) is 2.84. The molecule has 0 spiro atoms. The zero-order valence-corrected chi connectivity index (χ0v) is 11.7. The molecule has 0 amide bonds. The molecule has 1 aliphatic carbocycles. The Morgan fingerprint density at radius 3 is 3.00 bits per heavy atom. The number of fused-ring (bicyclic) bond motifs is 2. The Morgan fingerprint density at radius 2 is 2.10 bits per heavy atom. The van der Waals surface area contributed by atoms with Gasteiger partial charge in [0.2, 0.25) is 0 Å². The number of hydrogen-bond acceptors (Lipinski definition) is 3. The van der Waals surface area contributed by atoms with E-state index in [2.05, 4.69) is 33.0 Å². The van der Waals surface area contributed by atoms with E-state index in [1.54, 1.807) is 0 Å². The van der Waals surface area contributed by atoms with Crippen molar-refractivity contribution in [1.29, 1.82) is 0 Å². The van der Waals surface area contributed by atoms with Crippen LogP contribution in [-0.4, -0.2) is 21.3 Å². The van der Waals surface area contributed by atoms with Crippen molar-refractivity contribution < 1.29 is 0 Å². The van der Waals surface area contributed by atoms with Crippen LogP contribution in [0.4, 0.5) is 0 Å². The van der Waals surface area contributed by atoms with Crippen molar-refractivity contribution in [3.8, 4) is 11.4 Å². The molecule has 0 saturated heterocycles. The molecule has 4 nitrogen and oxygen atoms in total. The first-order valence-electron chi connectivity index (χ1n) is 7.59. The Labute approximate surface area is 119 Å². The van der Waals surface area contributed by atoms with Crippen molar-refractivity contribution in [2.75, 3.05) is 6.54 Å². The third-order valence-corrected chi connectivity index (χ3v) is 4.75. The summed E-state index contributed by atoms with van der Waals surface area (Å²) in [6.45, 7) is 1.75. The standard InChI is InChI=1S/C16H20N4/c17-10-11-6-7-20-15(8-11)18-19-16(20)14-5-4-12-2-1-3-13(12)9-14/h4-5,9,11H,1-3,6-8,10,17H2. The minimum atomic E-state index is 0.569. The van der Waals surface area contributed by atoms with Gasteiger partial charge in [0.25, 0.3) is 0 Å². The molecule has 1 aromatic carbocycles. The number of aromatic nitrogens is 3. The maximum absolute atomic E-state index is 5.78. The van der Waals surface area contributed by atoms with Crippen LogP contribution in [0.2, 0.25) is 0 Å². The number of nitrogens with zero attached hydrogens (tertiary/aromatic N) is 3. The summed E-state index contributed by atoms with van der Waals surface area (Å²) in [6, 6.07) is 6.79. The van der Waals surface area contributed by atoms with Gasteiger partial charge in [0, 0.05) is 18.5 Å². The topological polar surface area (TPSA) is 56.7 Å². The summed E-state index contributed by atoms with van der Waals surface area (Å²) >= 11 is 0. The van der Waals surface area contributed by atoms with E-state index < -0.39 is 0 Å². The fourth-order valence-corrected chi connectivity index (χ4v) is 3.52. The first kappa shape index (κ1) is 12.1. The van der Waals surface area contributed by atoms with Crippen LogP contribution >= 0.6 is 0 Å². The van der Waals surface area contributed by atoms with Crippen molar-refractivity contribution in [3.05, 3.63) is 35.2 Å². The zero-order valence-electron chi connectivity index (χ0n) is 11.7. The van der Waals surface area contributed by atoms with Crippen LogP contribution in [0.25, 0.3) is 11.4 Å². The van der Waals surface area contributed by atoms with Crippen molar-refractivity contribution in [3.63, 3.8) is 0 Å². The Morgan fingerprint density at radius 1 is 1.20 bits per heavy atom. The molecule has 1 aromatic heterocycles. The number of rotatable bonds is 2. The molecule has 4 rings (SSSR count). The highest BCUT2D eigenvalue weighted by Gasteiger charge is 2.23. The van der Waals surface area contributed by atoms with Gasteiger partial charge in [-0.05, 0) is 55.3 Å². The fraction of sp³-hybridized carbons (Fsp3) is 0.500. The lowest BCUT2D eigenvalue weighted by molar-refractivity contribution is 0.391. The summed E-state index contributed by atoms with van der Waals surface area (Å²) in [6.07, 6.45) is 5.83. The summed E-state index contributed by atoms with van der Waals surface area (Å²) in [5.74, 6) is 2.70. The third kappa shape index (κ3) is 1.86. The molecule has 2 heterocycles.